The van der Waals surface area contributed by atoms with Crippen molar-refractivity contribution in [3.05, 3.63) is 65.5 Å². The lowest BCUT2D eigenvalue weighted by molar-refractivity contribution is -0.123. The largest absolute Gasteiger partial charge is 0.487 e. The van der Waals surface area contributed by atoms with Gasteiger partial charge in [0.15, 0.2) is 0 Å². The molecule has 1 saturated heterocycles. The quantitative estimate of drug-likeness (QED) is 0.772. The number of hydrogen-bond donors (Lipinski definition) is 1. The van der Waals surface area contributed by atoms with Crippen LogP contribution in [0.25, 0.3) is 0 Å². The van der Waals surface area contributed by atoms with Crippen molar-refractivity contribution < 1.29 is 18.7 Å². The number of hydrogen-bond acceptors (Lipinski definition) is 3. The highest BCUT2D eigenvalue weighted by molar-refractivity contribution is 5.94. The fourth-order valence-corrected chi connectivity index (χ4v) is 5.22. The molecule has 1 spiro atoms. The Kier molecular flexibility index (Phi) is 5.62. The van der Waals surface area contributed by atoms with Crippen molar-refractivity contribution in [2.75, 3.05) is 13.1 Å². The van der Waals surface area contributed by atoms with Crippen LogP contribution in [0.1, 0.15) is 66.8 Å². The predicted molar refractivity (Wildman–Crippen MR) is 119 cm³/mol. The first-order chi connectivity index (χ1) is 15.5. The lowest BCUT2D eigenvalue weighted by atomic mass is 9.76. The number of benzene rings is 2. The van der Waals surface area contributed by atoms with E-state index in [1.165, 1.54) is 18.6 Å². The van der Waals surface area contributed by atoms with Crippen LogP contribution in [0.4, 0.5) is 4.39 Å². The lowest BCUT2D eigenvalue weighted by Gasteiger charge is -2.47. The van der Waals surface area contributed by atoms with Crippen LogP contribution in [-0.2, 0) is 4.79 Å². The second-order valence-electron chi connectivity index (χ2n) is 9.43. The number of nitrogens with one attached hydrogen (secondary N) is 1. The summed E-state index contributed by atoms with van der Waals surface area (Å²) in [5.41, 5.74) is 1.09. The van der Waals surface area contributed by atoms with Crippen molar-refractivity contribution in [3.8, 4) is 5.75 Å². The standard InChI is InChI=1S/C26H29FN2O3/c27-20-6-3-5-18(15-20)25(31)29-13-11-26(12-14-29)17-19(16-24(30)28-21-7-4-8-21)22-9-1-2-10-23(22)32-26/h1-3,5-6,9-10,15,19,21H,4,7-8,11-14,16-17H2,(H,28,30)/t19-/m1/s1. The van der Waals surface area contributed by atoms with Crippen LogP contribution in [0, 0.1) is 5.82 Å². The Balaban J connectivity index is 1.28. The molecule has 0 bridgehead atoms. The molecule has 2 aromatic carbocycles. The van der Waals surface area contributed by atoms with E-state index >= 15 is 0 Å². The number of carbonyl (C=O) groups is 2. The van der Waals surface area contributed by atoms with Crippen LogP contribution in [0.3, 0.4) is 0 Å². The number of halogens is 1. The van der Waals surface area contributed by atoms with E-state index in [9.17, 15) is 14.0 Å². The van der Waals surface area contributed by atoms with E-state index in [4.69, 9.17) is 4.74 Å². The fourth-order valence-electron chi connectivity index (χ4n) is 5.22. The molecule has 3 aliphatic rings. The molecule has 5 nitrogen and oxygen atoms in total. The molecule has 32 heavy (non-hydrogen) atoms. The van der Waals surface area contributed by atoms with Gasteiger partial charge in [-0.2, -0.15) is 0 Å². The van der Waals surface area contributed by atoms with Crippen molar-refractivity contribution in [2.24, 2.45) is 0 Å². The van der Waals surface area contributed by atoms with Gasteiger partial charge in [-0.15, -0.1) is 0 Å². The highest BCUT2D eigenvalue weighted by Gasteiger charge is 2.44. The summed E-state index contributed by atoms with van der Waals surface area (Å²) in [4.78, 5) is 27.3. The summed E-state index contributed by atoms with van der Waals surface area (Å²) in [5, 5.41) is 3.17. The second-order valence-corrected chi connectivity index (χ2v) is 9.43. The number of para-hydroxylation sites is 1. The topological polar surface area (TPSA) is 58.6 Å². The smallest absolute Gasteiger partial charge is 0.253 e. The van der Waals surface area contributed by atoms with Gasteiger partial charge in [-0.25, -0.2) is 4.39 Å². The summed E-state index contributed by atoms with van der Waals surface area (Å²) < 4.78 is 20.1. The minimum atomic E-state index is -0.403. The predicted octanol–water partition coefficient (Wildman–Crippen LogP) is 4.43. The minimum Gasteiger partial charge on any atom is -0.487 e. The van der Waals surface area contributed by atoms with Crippen LogP contribution < -0.4 is 10.1 Å². The zero-order valence-electron chi connectivity index (χ0n) is 18.2. The molecule has 2 aliphatic heterocycles. The Morgan fingerprint density at radius 2 is 1.88 bits per heavy atom. The monoisotopic (exact) mass is 436 g/mol. The van der Waals surface area contributed by atoms with Crippen molar-refractivity contribution in [1.29, 1.82) is 0 Å². The molecule has 2 heterocycles. The average molecular weight is 437 g/mol. The first kappa shape index (κ1) is 21.0. The maximum absolute atomic E-state index is 13.6. The van der Waals surface area contributed by atoms with Gasteiger partial charge in [0.1, 0.15) is 17.2 Å². The number of ether oxygens (including phenoxy) is 1. The Bertz CT molecular complexity index is 1010. The summed E-state index contributed by atoms with van der Waals surface area (Å²) in [5.74, 6) is 0.521. The van der Waals surface area contributed by atoms with Crippen LogP contribution in [-0.4, -0.2) is 41.4 Å². The number of rotatable bonds is 4. The molecule has 5 rings (SSSR count). The SMILES string of the molecule is O=C(C[C@@H]1CC2(CCN(C(=O)c3cccc(F)c3)CC2)Oc2ccccc21)NC1CCC1. The summed E-state index contributed by atoms with van der Waals surface area (Å²) in [6, 6.07) is 14.2. The first-order valence-corrected chi connectivity index (χ1v) is 11.6. The summed E-state index contributed by atoms with van der Waals surface area (Å²) in [6.07, 6.45) is 5.98. The van der Waals surface area contributed by atoms with Gasteiger partial charge in [-0.05, 0) is 55.5 Å². The Morgan fingerprint density at radius 1 is 1.09 bits per heavy atom. The van der Waals surface area contributed by atoms with E-state index in [1.54, 1.807) is 17.0 Å². The van der Waals surface area contributed by atoms with E-state index in [2.05, 4.69) is 11.4 Å². The second kappa shape index (κ2) is 8.57. The van der Waals surface area contributed by atoms with E-state index in [1.807, 2.05) is 18.2 Å². The highest BCUT2D eigenvalue weighted by atomic mass is 19.1. The van der Waals surface area contributed by atoms with Crippen molar-refractivity contribution in [1.82, 2.24) is 10.2 Å². The molecular weight excluding hydrogens is 407 g/mol. The molecule has 1 N–H and O–H groups in total. The maximum Gasteiger partial charge on any atom is 0.253 e. The molecule has 0 unspecified atom stereocenters. The van der Waals surface area contributed by atoms with Crippen LogP contribution in [0.2, 0.25) is 0 Å². The first-order valence-electron chi connectivity index (χ1n) is 11.6. The van der Waals surface area contributed by atoms with Gasteiger partial charge in [0.25, 0.3) is 5.91 Å². The van der Waals surface area contributed by atoms with Crippen molar-refractivity contribution in [2.45, 2.75) is 62.5 Å². The molecule has 2 fully saturated rings. The van der Waals surface area contributed by atoms with Gasteiger partial charge < -0.3 is 15.0 Å². The van der Waals surface area contributed by atoms with Crippen molar-refractivity contribution in [3.63, 3.8) is 0 Å². The lowest BCUT2D eigenvalue weighted by Crippen LogP contribution is -2.52. The van der Waals surface area contributed by atoms with Gasteiger partial charge in [0.2, 0.25) is 5.91 Å². The molecule has 2 aromatic rings. The van der Waals surface area contributed by atoms with Gasteiger partial charge >= 0.3 is 0 Å². The summed E-state index contributed by atoms with van der Waals surface area (Å²) in [7, 11) is 0. The molecule has 1 atom stereocenters. The van der Waals surface area contributed by atoms with E-state index in [-0.39, 0.29) is 23.3 Å². The van der Waals surface area contributed by atoms with Gasteiger partial charge in [0, 0.05) is 49.9 Å². The molecule has 1 saturated carbocycles. The Labute approximate surface area is 187 Å². The third-order valence-electron chi connectivity index (χ3n) is 7.24. The molecule has 2 amide bonds. The number of likely N-dealkylation sites (tertiary alicyclic amines) is 1. The average Bonchev–Trinajstić information content (AvgIpc) is 2.76. The molecule has 0 radical (unpaired) electrons. The molecule has 168 valence electrons. The van der Waals surface area contributed by atoms with Gasteiger partial charge in [-0.3, -0.25) is 9.59 Å². The van der Waals surface area contributed by atoms with Crippen LogP contribution in [0.15, 0.2) is 48.5 Å². The number of fused-ring (bicyclic) bond motifs is 1. The maximum atomic E-state index is 13.6. The zero-order chi connectivity index (χ0) is 22.1. The molecular formula is C26H29FN2O3. The van der Waals surface area contributed by atoms with Gasteiger partial charge in [0.05, 0.1) is 0 Å². The Morgan fingerprint density at radius 3 is 2.59 bits per heavy atom. The van der Waals surface area contributed by atoms with Crippen molar-refractivity contribution >= 4 is 11.8 Å². The molecule has 1 aliphatic carbocycles. The number of amides is 2. The Hall–Kier alpha value is -2.89. The fraction of sp³-hybridized carbons (Fsp3) is 0.462. The third-order valence-corrected chi connectivity index (χ3v) is 7.24. The minimum absolute atomic E-state index is 0.102. The number of nitrogens with zero attached hydrogens (tertiary/aromatic N) is 1. The van der Waals surface area contributed by atoms with E-state index in [0.29, 0.717) is 44.0 Å². The third kappa shape index (κ3) is 4.23. The van der Waals surface area contributed by atoms with E-state index in [0.717, 1.165) is 30.6 Å². The molecule has 0 aromatic heterocycles. The van der Waals surface area contributed by atoms with Gasteiger partial charge in [-0.1, -0.05) is 24.3 Å². The highest BCUT2D eigenvalue weighted by Crippen LogP contribution is 2.46. The van der Waals surface area contributed by atoms with Crippen LogP contribution in [0.5, 0.6) is 5.75 Å². The molecule has 6 heteroatoms. The summed E-state index contributed by atoms with van der Waals surface area (Å²) >= 11 is 0. The number of carbonyl (C=O) groups excluding carboxylic acids is 2. The normalized spacial score (nSPS) is 21.9. The zero-order valence-corrected chi connectivity index (χ0v) is 18.2. The number of piperidine rings is 1. The van der Waals surface area contributed by atoms with Crippen LogP contribution >= 0.6 is 0 Å². The summed E-state index contributed by atoms with van der Waals surface area (Å²) in [6.45, 7) is 1.11. The van der Waals surface area contributed by atoms with E-state index < -0.39 is 5.82 Å².